The van der Waals surface area contributed by atoms with Crippen LogP contribution in [0.1, 0.15) is 24.2 Å². The molecule has 2 aromatic rings. The quantitative estimate of drug-likeness (QED) is 0.584. The maximum absolute atomic E-state index is 12.4. The predicted octanol–water partition coefficient (Wildman–Crippen LogP) is 4.30. The standard InChI is InChI=1S/C17H17ClN2O5/c1-3-24-15-8-5-11(9-16(15)25-4-2)17(21)19-14-10-12(20(22)23)6-7-13(14)18/h5-10H,3-4H2,1-2H3,(H,19,21). The highest BCUT2D eigenvalue weighted by molar-refractivity contribution is 6.34. The minimum absolute atomic E-state index is 0.160. The highest BCUT2D eigenvalue weighted by atomic mass is 35.5. The molecular weight excluding hydrogens is 348 g/mol. The van der Waals surface area contributed by atoms with Crippen LogP contribution in [0.15, 0.2) is 36.4 Å². The molecule has 1 N–H and O–H groups in total. The van der Waals surface area contributed by atoms with Crippen molar-refractivity contribution in [2.45, 2.75) is 13.8 Å². The molecule has 0 atom stereocenters. The Morgan fingerprint density at radius 3 is 2.44 bits per heavy atom. The second-order valence-corrected chi connectivity index (χ2v) is 5.31. The topological polar surface area (TPSA) is 90.7 Å². The number of nitrogens with one attached hydrogen (secondary N) is 1. The fraction of sp³-hybridized carbons (Fsp3) is 0.235. The van der Waals surface area contributed by atoms with Gasteiger partial charge in [-0.3, -0.25) is 14.9 Å². The normalized spacial score (nSPS) is 10.2. The van der Waals surface area contributed by atoms with E-state index in [0.29, 0.717) is 30.3 Å². The monoisotopic (exact) mass is 364 g/mol. The van der Waals surface area contributed by atoms with Gasteiger partial charge in [0.15, 0.2) is 11.5 Å². The lowest BCUT2D eigenvalue weighted by molar-refractivity contribution is -0.384. The molecule has 8 heteroatoms. The summed E-state index contributed by atoms with van der Waals surface area (Å²) in [6.07, 6.45) is 0. The van der Waals surface area contributed by atoms with Crippen LogP contribution < -0.4 is 14.8 Å². The zero-order valence-electron chi connectivity index (χ0n) is 13.7. The number of ether oxygens (including phenoxy) is 2. The number of non-ortho nitro benzene ring substituents is 1. The van der Waals surface area contributed by atoms with Gasteiger partial charge in [-0.2, -0.15) is 0 Å². The summed E-state index contributed by atoms with van der Waals surface area (Å²) in [4.78, 5) is 22.7. The molecular formula is C17H17ClN2O5. The lowest BCUT2D eigenvalue weighted by Crippen LogP contribution is -2.13. The van der Waals surface area contributed by atoms with Crippen LogP contribution in [0.25, 0.3) is 0 Å². The number of anilines is 1. The third-order valence-corrected chi connectivity index (χ3v) is 3.54. The first-order chi connectivity index (χ1) is 12.0. The van der Waals surface area contributed by atoms with Crippen molar-refractivity contribution in [1.29, 1.82) is 0 Å². The van der Waals surface area contributed by atoms with Crippen molar-refractivity contribution in [1.82, 2.24) is 0 Å². The molecule has 25 heavy (non-hydrogen) atoms. The Bertz CT molecular complexity index is 795. The number of carbonyl (C=O) groups excluding carboxylic acids is 1. The van der Waals surface area contributed by atoms with Gasteiger partial charge in [-0.15, -0.1) is 0 Å². The summed E-state index contributed by atoms with van der Waals surface area (Å²) in [6, 6.07) is 8.60. The summed E-state index contributed by atoms with van der Waals surface area (Å²) in [5.74, 6) is 0.517. The zero-order valence-corrected chi connectivity index (χ0v) is 14.5. The van der Waals surface area contributed by atoms with Crippen LogP contribution in [-0.2, 0) is 0 Å². The van der Waals surface area contributed by atoms with Crippen LogP contribution in [0.2, 0.25) is 5.02 Å². The van der Waals surface area contributed by atoms with E-state index in [0.717, 1.165) is 0 Å². The molecule has 0 aromatic heterocycles. The third kappa shape index (κ3) is 4.60. The summed E-state index contributed by atoms with van der Waals surface area (Å²) in [6.45, 7) is 4.56. The van der Waals surface area contributed by atoms with Crippen molar-refractivity contribution in [3.05, 3.63) is 57.1 Å². The Labute approximate surface area is 149 Å². The molecule has 0 fully saturated rings. The van der Waals surface area contributed by atoms with Crippen LogP contribution in [0.4, 0.5) is 11.4 Å². The number of rotatable bonds is 7. The molecule has 0 aliphatic carbocycles. The zero-order chi connectivity index (χ0) is 18.4. The number of amides is 1. The van der Waals surface area contributed by atoms with E-state index in [9.17, 15) is 14.9 Å². The van der Waals surface area contributed by atoms with Gasteiger partial charge < -0.3 is 14.8 Å². The maximum atomic E-state index is 12.4. The van der Waals surface area contributed by atoms with Gasteiger partial charge in [0, 0.05) is 17.7 Å². The first-order valence-corrected chi connectivity index (χ1v) is 7.99. The summed E-state index contributed by atoms with van der Waals surface area (Å²) >= 11 is 6.00. The molecule has 0 saturated heterocycles. The maximum Gasteiger partial charge on any atom is 0.271 e. The second kappa shape index (κ2) is 8.34. The van der Waals surface area contributed by atoms with Gasteiger partial charge in [-0.05, 0) is 38.1 Å². The second-order valence-electron chi connectivity index (χ2n) is 4.90. The van der Waals surface area contributed by atoms with E-state index in [1.807, 2.05) is 13.8 Å². The molecule has 0 aliphatic heterocycles. The number of benzene rings is 2. The van der Waals surface area contributed by atoms with E-state index in [2.05, 4.69) is 5.32 Å². The first kappa shape index (κ1) is 18.5. The summed E-state index contributed by atoms with van der Waals surface area (Å²) in [5, 5.41) is 13.6. The number of nitro groups is 1. The summed E-state index contributed by atoms with van der Waals surface area (Å²) < 4.78 is 10.9. The Morgan fingerprint density at radius 1 is 1.12 bits per heavy atom. The number of nitro benzene ring substituents is 1. The molecule has 0 aliphatic rings. The predicted molar refractivity (Wildman–Crippen MR) is 94.8 cm³/mol. The largest absolute Gasteiger partial charge is 0.490 e. The van der Waals surface area contributed by atoms with E-state index in [4.69, 9.17) is 21.1 Å². The van der Waals surface area contributed by atoms with E-state index < -0.39 is 10.8 Å². The molecule has 0 heterocycles. The fourth-order valence-corrected chi connectivity index (χ4v) is 2.27. The van der Waals surface area contributed by atoms with Crippen LogP contribution in [0.3, 0.4) is 0 Å². The van der Waals surface area contributed by atoms with Crippen molar-refractivity contribution in [2.24, 2.45) is 0 Å². The van der Waals surface area contributed by atoms with Crippen LogP contribution in [0, 0.1) is 10.1 Å². The molecule has 7 nitrogen and oxygen atoms in total. The Hall–Kier alpha value is -2.80. The molecule has 2 aromatic carbocycles. The lowest BCUT2D eigenvalue weighted by Gasteiger charge is -2.13. The summed E-state index contributed by atoms with van der Waals surface area (Å²) in [7, 11) is 0. The first-order valence-electron chi connectivity index (χ1n) is 7.61. The van der Waals surface area contributed by atoms with E-state index in [-0.39, 0.29) is 16.4 Å². The van der Waals surface area contributed by atoms with Crippen molar-refractivity contribution >= 4 is 28.9 Å². The molecule has 1 amide bonds. The Balaban J connectivity index is 2.27. The van der Waals surface area contributed by atoms with E-state index >= 15 is 0 Å². The molecule has 0 saturated carbocycles. The van der Waals surface area contributed by atoms with E-state index in [1.165, 1.54) is 18.2 Å². The van der Waals surface area contributed by atoms with Gasteiger partial charge in [-0.25, -0.2) is 0 Å². The minimum Gasteiger partial charge on any atom is -0.490 e. The number of nitrogens with zero attached hydrogens (tertiary/aromatic N) is 1. The van der Waals surface area contributed by atoms with Crippen molar-refractivity contribution in [3.63, 3.8) is 0 Å². The molecule has 0 spiro atoms. The highest BCUT2D eigenvalue weighted by Gasteiger charge is 2.15. The number of hydrogen-bond donors (Lipinski definition) is 1. The van der Waals surface area contributed by atoms with Gasteiger partial charge >= 0.3 is 0 Å². The molecule has 0 bridgehead atoms. The Morgan fingerprint density at radius 2 is 1.80 bits per heavy atom. The average Bonchev–Trinajstić information content (AvgIpc) is 2.58. The number of halogens is 1. The SMILES string of the molecule is CCOc1ccc(C(=O)Nc2cc([N+](=O)[O-])ccc2Cl)cc1OCC. The van der Waals surface area contributed by atoms with Crippen molar-refractivity contribution < 1.29 is 19.2 Å². The van der Waals surface area contributed by atoms with Crippen molar-refractivity contribution in [2.75, 3.05) is 18.5 Å². The van der Waals surface area contributed by atoms with Crippen molar-refractivity contribution in [3.8, 4) is 11.5 Å². The number of hydrogen-bond acceptors (Lipinski definition) is 5. The van der Waals surface area contributed by atoms with Crippen LogP contribution >= 0.6 is 11.6 Å². The fourth-order valence-electron chi connectivity index (χ4n) is 2.11. The third-order valence-electron chi connectivity index (χ3n) is 3.21. The molecule has 2 rings (SSSR count). The number of carbonyl (C=O) groups is 1. The lowest BCUT2D eigenvalue weighted by atomic mass is 10.1. The van der Waals surface area contributed by atoms with Gasteiger partial charge in [-0.1, -0.05) is 11.6 Å². The van der Waals surface area contributed by atoms with Crippen LogP contribution in [0.5, 0.6) is 11.5 Å². The van der Waals surface area contributed by atoms with Gasteiger partial charge in [0.1, 0.15) is 0 Å². The van der Waals surface area contributed by atoms with Gasteiger partial charge in [0.25, 0.3) is 11.6 Å². The molecule has 0 unspecified atom stereocenters. The highest BCUT2D eigenvalue weighted by Crippen LogP contribution is 2.30. The van der Waals surface area contributed by atoms with Gasteiger partial charge in [0.05, 0.1) is 28.8 Å². The minimum atomic E-state index is -0.559. The summed E-state index contributed by atoms with van der Waals surface area (Å²) in [5.41, 5.74) is 0.309. The smallest absolute Gasteiger partial charge is 0.271 e. The van der Waals surface area contributed by atoms with Crippen LogP contribution in [-0.4, -0.2) is 24.0 Å². The molecule has 132 valence electrons. The van der Waals surface area contributed by atoms with Gasteiger partial charge in [0.2, 0.25) is 0 Å². The van der Waals surface area contributed by atoms with E-state index in [1.54, 1.807) is 18.2 Å². The average molecular weight is 365 g/mol. The molecule has 0 radical (unpaired) electrons. The Kier molecular flexibility index (Phi) is 6.19.